The molecule has 0 saturated heterocycles. The molecule has 1 fully saturated rings. The molecule has 4 heteroatoms. The van der Waals surface area contributed by atoms with Crippen LogP contribution in [0.15, 0.2) is 0 Å². The van der Waals surface area contributed by atoms with Crippen molar-refractivity contribution in [2.24, 2.45) is 5.73 Å². The highest BCUT2D eigenvalue weighted by atomic mass is 35.5. The highest BCUT2D eigenvalue weighted by Gasteiger charge is 2.29. The molecule has 1 aromatic rings. The van der Waals surface area contributed by atoms with E-state index in [-0.39, 0.29) is 6.17 Å². The van der Waals surface area contributed by atoms with Crippen LogP contribution in [-0.2, 0) is 6.42 Å². The predicted octanol–water partition coefficient (Wildman–Crippen LogP) is 2.99. The molecule has 1 aromatic heterocycles. The fourth-order valence-corrected chi connectivity index (χ4v) is 3.40. The van der Waals surface area contributed by atoms with Crippen LogP contribution in [0.3, 0.4) is 0 Å². The number of aromatic nitrogens is 2. The zero-order chi connectivity index (χ0) is 11.1. The van der Waals surface area contributed by atoms with Gasteiger partial charge in [0.1, 0.15) is 5.82 Å². The molecule has 2 N–H and O–H groups in total. The zero-order valence-electron chi connectivity index (χ0n) is 9.45. The van der Waals surface area contributed by atoms with Gasteiger partial charge < -0.3 is 10.3 Å². The second kappa shape index (κ2) is 4.04. The molecule has 0 bridgehead atoms. The Hall–Kier alpha value is -0.540. The van der Waals surface area contributed by atoms with Crippen LogP contribution < -0.4 is 5.73 Å². The van der Waals surface area contributed by atoms with Gasteiger partial charge in [-0.3, -0.25) is 0 Å². The summed E-state index contributed by atoms with van der Waals surface area (Å²) in [5, 5.41) is 0.692. The third-order valence-electron chi connectivity index (χ3n) is 3.95. The summed E-state index contributed by atoms with van der Waals surface area (Å²) < 4.78 is 2.22. The van der Waals surface area contributed by atoms with E-state index in [4.69, 9.17) is 17.3 Å². The van der Waals surface area contributed by atoms with Gasteiger partial charge in [0.15, 0.2) is 5.15 Å². The number of hydrogen-bond donors (Lipinski definition) is 1. The molecule has 2 heterocycles. The molecule has 3 rings (SSSR count). The van der Waals surface area contributed by atoms with Crippen molar-refractivity contribution in [2.75, 3.05) is 0 Å². The second-order valence-electron chi connectivity index (χ2n) is 5.02. The summed E-state index contributed by atoms with van der Waals surface area (Å²) in [6.45, 7) is 0. The summed E-state index contributed by atoms with van der Waals surface area (Å²) in [4.78, 5) is 4.57. The van der Waals surface area contributed by atoms with E-state index in [0.717, 1.165) is 25.1 Å². The van der Waals surface area contributed by atoms with E-state index in [9.17, 15) is 0 Å². The lowest BCUT2D eigenvalue weighted by atomic mass is 10.0. The summed E-state index contributed by atoms with van der Waals surface area (Å²) in [5.74, 6) is 1.75. The Balaban J connectivity index is 2.04. The second-order valence-corrected chi connectivity index (χ2v) is 5.38. The van der Waals surface area contributed by atoms with Crippen LogP contribution in [-0.4, -0.2) is 9.55 Å². The fraction of sp³-hybridized carbons (Fsp3) is 0.750. The highest BCUT2D eigenvalue weighted by molar-refractivity contribution is 6.30. The van der Waals surface area contributed by atoms with Gasteiger partial charge in [-0.25, -0.2) is 4.98 Å². The Bertz CT molecular complexity index is 393. The Labute approximate surface area is 101 Å². The topological polar surface area (TPSA) is 43.8 Å². The monoisotopic (exact) mass is 239 g/mol. The molecule has 0 amide bonds. The standard InChI is InChI=1S/C12H18ClN3/c13-11-9-6-3-7-10(14)16(9)12(15-11)8-4-1-2-5-8/h8,10H,1-7,14H2. The van der Waals surface area contributed by atoms with Crippen molar-refractivity contribution in [2.45, 2.75) is 57.0 Å². The van der Waals surface area contributed by atoms with Gasteiger partial charge in [0.25, 0.3) is 0 Å². The number of halogens is 1. The Morgan fingerprint density at radius 2 is 1.94 bits per heavy atom. The SMILES string of the molecule is NC1CCCc2c(Cl)nc(C3CCCC3)n21. The molecule has 1 atom stereocenters. The van der Waals surface area contributed by atoms with E-state index in [1.807, 2.05) is 0 Å². The molecule has 88 valence electrons. The Morgan fingerprint density at radius 1 is 1.19 bits per heavy atom. The van der Waals surface area contributed by atoms with E-state index in [0.29, 0.717) is 11.1 Å². The summed E-state index contributed by atoms with van der Waals surface area (Å²) in [6.07, 6.45) is 8.46. The van der Waals surface area contributed by atoms with Gasteiger partial charge in [-0.05, 0) is 32.1 Å². The van der Waals surface area contributed by atoms with Crippen molar-refractivity contribution >= 4 is 11.6 Å². The van der Waals surface area contributed by atoms with Gasteiger partial charge in [0, 0.05) is 5.92 Å². The number of nitrogens with zero attached hydrogens (tertiary/aromatic N) is 2. The average Bonchev–Trinajstić information content (AvgIpc) is 2.87. The van der Waals surface area contributed by atoms with Gasteiger partial charge in [-0.15, -0.1) is 0 Å². The largest absolute Gasteiger partial charge is 0.314 e. The molecule has 2 aliphatic rings. The molecule has 0 radical (unpaired) electrons. The molecule has 1 aliphatic heterocycles. The maximum atomic E-state index is 6.22. The van der Waals surface area contributed by atoms with E-state index in [2.05, 4.69) is 9.55 Å². The lowest BCUT2D eigenvalue weighted by Crippen LogP contribution is -2.27. The smallest absolute Gasteiger partial charge is 0.150 e. The normalized spacial score (nSPS) is 26.0. The summed E-state index contributed by atoms with van der Waals surface area (Å²) >= 11 is 6.22. The Morgan fingerprint density at radius 3 is 2.69 bits per heavy atom. The minimum atomic E-state index is 0.0966. The molecular weight excluding hydrogens is 222 g/mol. The van der Waals surface area contributed by atoms with E-state index >= 15 is 0 Å². The quantitative estimate of drug-likeness (QED) is 0.819. The van der Waals surface area contributed by atoms with Crippen LogP contribution in [0.1, 0.15) is 62.1 Å². The van der Waals surface area contributed by atoms with Gasteiger partial charge in [-0.1, -0.05) is 24.4 Å². The van der Waals surface area contributed by atoms with Crippen molar-refractivity contribution in [3.05, 3.63) is 16.7 Å². The number of imidazole rings is 1. The van der Waals surface area contributed by atoms with E-state index in [1.165, 1.54) is 31.4 Å². The van der Waals surface area contributed by atoms with Crippen LogP contribution in [0.2, 0.25) is 5.15 Å². The first-order valence-electron chi connectivity index (χ1n) is 6.29. The molecule has 0 spiro atoms. The molecule has 1 saturated carbocycles. The summed E-state index contributed by atoms with van der Waals surface area (Å²) in [6, 6.07) is 0. The van der Waals surface area contributed by atoms with Crippen molar-refractivity contribution < 1.29 is 0 Å². The van der Waals surface area contributed by atoms with Crippen molar-refractivity contribution in [3.63, 3.8) is 0 Å². The maximum absolute atomic E-state index is 6.22. The number of fused-ring (bicyclic) bond motifs is 1. The predicted molar refractivity (Wildman–Crippen MR) is 64.6 cm³/mol. The number of rotatable bonds is 1. The first-order valence-corrected chi connectivity index (χ1v) is 6.67. The molecular formula is C12H18ClN3. The van der Waals surface area contributed by atoms with Crippen molar-refractivity contribution in [1.82, 2.24) is 9.55 Å². The lowest BCUT2D eigenvalue weighted by molar-refractivity contribution is 0.391. The molecule has 1 aliphatic carbocycles. The molecule has 1 unspecified atom stereocenters. The van der Waals surface area contributed by atoms with Gasteiger partial charge >= 0.3 is 0 Å². The third kappa shape index (κ3) is 1.57. The van der Waals surface area contributed by atoms with Crippen LogP contribution in [0, 0.1) is 0 Å². The van der Waals surface area contributed by atoms with Crippen LogP contribution in [0.25, 0.3) is 0 Å². The molecule has 0 aromatic carbocycles. The molecule has 16 heavy (non-hydrogen) atoms. The fourth-order valence-electron chi connectivity index (χ4n) is 3.13. The first-order chi connectivity index (χ1) is 7.77. The van der Waals surface area contributed by atoms with Crippen LogP contribution in [0.4, 0.5) is 0 Å². The minimum Gasteiger partial charge on any atom is -0.314 e. The van der Waals surface area contributed by atoms with Crippen molar-refractivity contribution in [1.29, 1.82) is 0 Å². The third-order valence-corrected chi connectivity index (χ3v) is 4.26. The van der Waals surface area contributed by atoms with Crippen LogP contribution >= 0.6 is 11.6 Å². The summed E-state index contributed by atoms with van der Waals surface area (Å²) in [7, 11) is 0. The van der Waals surface area contributed by atoms with E-state index in [1.54, 1.807) is 0 Å². The van der Waals surface area contributed by atoms with Gasteiger partial charge in [0.05, 0.1) is 11.9 Å². The first kappa shape index (κ1) is 10.6. The number of hydrogen-bond acceptors (Lipinski definition) is 2. The maximum Gasteiger partial charge on any atom is 0.150 e. The van der Waals surface area contributed by atoms with Crippen LogP contribution in [0.5, 0.6) is 0 Å². The zero-order valence-corrected chi connectivity index (χ0v) is 10.2. The van der Waals surface area contributed by atoms with E-state index < -0.39 is 0 Å². The summed E-state index contributed by atoms with van der Waals surface area (Å²) in [5.41, 5.74) is 7.36. The lowest BCUT2D eigenvalue weighted by Gasteiger charge is -2.25. The minimum absolute atomic E-state index is 0.0966. The number of nitrogens with two attached hydrogens (primary N) is 1. The highest BCUT2D eigenvalue weighted by Crippen LogP contribution is 2.38. The molecule has 3 nitrogen and oxygen atoms in total. The van der Waals surface area contributed by atoms with Gasteiger partial charge in [0.2, 0.25) is 0 Å². The Kier molecular flexibility index (Phi) is 2.68. The van der Waals surface area contributed by atoms with Gasteiger partial charge in [-0.2, -0.15) is 0 Å². The average molecular weight is 240 g/mol. The van der Waals surface area contributed by atoms with Crippen molar-refractivity contribution in [3.8, 4) is 0 Å².